The van der Waals surface area contributed by atoms with Crippen LogP contribution in [0.1, 0.15) is 0 Å². The Labute approximate surface area is 103 Å². The minimum atomic E-state index is -0.812. The van der Waals surface area contributed by atoms with E-state index in [0.717, 1.165) is 0 Å². The Balaban J connectivity index is -0.0000000150. The van der Waals surface area contributed by atoms with E-state index < -0.39 is 44.9 Å². The summed E-state index contributed by atoms with van der Waals surface area (Å²) in [6, 6.07) is 0. The van der Waals surface area contributed by atoms with Crippen molar-refractivity contribution in [1.82, 2.24) is 0 Å². The van der Waals surface area contributed by atoms with Crippen LogP contribution < -0.4 is 18.9 Å². The first-order chi connectivity index (χ1) is 4.24. The minimum absolute atomic E-state index is 0. The Morgan fingerprint density at radius 2 is 0.727 bits per heavy atom. The number of rotatable bonds is 0. The van der Waals surface area contributed by atoms with Gasteiger partial charge in [0.05, 0.1) is 0 Å². The number of hydrogen-bond donors (Lipinski definition) is 3. The molecule has 0 spiro atoms. The van der Waals surface area contributed by atoms with Crippen LogP contribution in [-0.2, 0) is 72.9 Å². The summed E-state index contributed by atoms with van der Waals surface area (Å²) in [6.07, 6.45) is 0. The van der Waals surface area contributed by atoms with E-state index in [2.05, 4.69) is 0 Å². The fraction of sp³-hybridized carbons (Fsp3) is 0. The standard InChI is InChI=1S/3Co.Li.Ni.3H2O.3O/h;;;;;3*1H2;;;/q;;;+1;+2;;;;;;/p-3. The molecule has 11 heavy (non-hydrogen) atoms. The van der Waals surface area contributed by atoms with Gasteiger partial charge in [0.15, 0.2) is 0 Å². The van der Waals surface area contributed by atoms with E-state index in [0.29, 0.717) is 0 Å². The molecule has 0 atom stereocenters. The fourth-order valence-corrected chi connectivity index (χ4v) is 0. The fourth-order valence-electron chi connectivity index (χ4n) is 0. The first-order valence-corrected chi connectivity index (χ1v) is 3.53. The van der Waals surface area contributed by atoms with Gasteiger partial charge >= 0.3 is 104 Å². The van der Waals surface area contributed by atoms with Crippen LogP contribution in [-0.4, -0.2) is 12.7 Å². The monoisotopic (exact) mass is 341 g/mol. The molecular weight excluding hydrogens is 338 g/mol. The van der Waals surface area contributed by atoms with Gasteiger partial charge in [-0.05, 0) is 0 Å². The molecule has 0 aromatic carbocycles. The second-order valence-corrected chi connectivity index (χ2v) is 0.753. The molecule has 0 aromatic heterocycles. The molecule has 0 rings (SSSR count). The third-order valence-electron chi connectivity index (χ3n) is 0. The summed E-state index contributed by atoms with van der Waals surface area (Å²) in [7, 11) is 0. The van der Waals surface area contributed by atoms with E-state index >= 15 is 0 Å². The van der Waals surface area contributed by atoms with Crippen LogP contribution in [0.2, 0.25) is 0 Å². The second-order valence-electron chi connectivity index (χ2n) is 0.183. The van der Waals surface area contributed by atoms with E-state index in [-0.39, 0.29) is 35.4 Å². The molecule has 0 unspecified atom stereocenters. The van der Waals surface area contributed by atoms with Crippen molar-refractivity contribution in [2.75, 3.05) is 0 Å². The maximum atomic E-state index is 8.45. The van der Waals surface area contributed by atoms with Crippen molar-refractivity contribution in [3.63, 3.8) is 0 Å². The van der Waals surface area contributed by atoms with Crippen molar-refractivity contribution in [3.05, 3.63) is 0 Å². The molecule has 0 amide bonds. The normalized spacial score (nSPS) is 5.73. The van der Waals surface area contributed by atoms with Crippen LogP contribution in [0.25, 0.3) is 0 Å². The van der Waals surface area contributed by atoms with Crippen LogP contribution >= 0.6 is 0 Å². The molecule has 0 aromatic rings. The Bertz CT molecular complexity index is 54.6. The zero-order valence-electron chi connectivity index (χ0n) is 4.88. The van der Waals surface area contributed by atoms with Crippen LogP contribution in [0.15, 0.2) is 0 Å². The SMILES string of the molecule is [Li+].[Ni+2].[O]=[Co-][OH].[O]=[Co-][OH].[O]=[Co-][OH]. The quantitative estimate of drug-likeness (QED) is 0.380. The van der Waals surface area contributed by atoms with Crippen molar-refractivity contribution in [2.45, 2.75) is 0 Å². The zero-order chi connectivity index (χ0) is 8.12. The van der Waals surface area contributed by atoms with Gasteiger partial charge in [-0.1, -0.05) is 0 Å². The summed E-state index contributed by atoms with van der Waals surface area (Å²) >= 11 is -2.44. The predicted molar refractivity (Wildman–Crippen MR) is 8.72 cm³/mol. The average molecular weight is 341 g/mol. The van der Waals surface area contributed by atoms with Crippen LogP contribution in [0, 0.1) is 0 Å². The summed E-state index contributed by atoms with van der Waals surface area (Å²) in [5, 5.41) is 0. The molecule has 3 N–H and O–H groups in total. The summed E-state index contributed by atoms with van der Waals surface area (Å²) in [5.74, 6) is 0. The average Bonchev–Trinajstić information content (AvgIpc) is 1.70. The van der Waals surface area contributed by atoms with Crippen LogP contribution in [0.4, 0.5) is 0 Å². The molecule has 0 bridgehead atoms. The molecule has 11 heteroatoms. The van der Waals surface area contributed by atoms with E-state index in [9.17, 15) is 0 Å². The molecule has 0 fully saturated rings. The molecule has 0 saturated carbocycles. The van der Waals surface area contributed by atoms with Crippen LogP contribution in [0.3, 0.4) is 0 Å². The zero-order valence-corrected chi connectivity index (χ0v) is 8.99. The summed E-state index contributed by atoms with van der Waals surface area (Å²) in [5.41, 5.74) is 0. The Hall–Kier alpha value is 1.89. The third-order valence-corrected chi connectivity index (χ3v) is 0. The van der Waals surface area contributed by atoms with Gasteiger partial charge in [0.1, 0.15) is 0 Å². The summed E-state index contributed by atoms with van der Waals surface area (Å²) in [4.78, 5) is 0. The van der Waals surface area contributed by atoms with E-state index in [1.807, 2.05) is 0 Å². The number of hydrogen-bond acceptors (Lipinski definition) is 3. The molecule has 6 nitrogen and oxygen atoms in total. The first-order valence-electron chi connectivity index (χ1n) is 0.855. The third kappa shape index (κ3) is 325. The van der Waals surface area contributed by atoms with Crippen molar-refractivity contribution in [1.29, 1.82) is 0 Å². The Kier molecular flexibility index (Phi) is 157. The van der Waals surface area contributed by atoms with Crippen molar-refractivity contribution < 1.29 is 104 Å². The molecular formula is H3Co3LiNiO6. The topological polar surface area (TPSA) is 112 Å². The van der Waals surface area contributed by atoms with Crippen molar-refractivity contribution in [3.8, 4) is 0 Å². The summed E-state index contributed by atoms with van der Waals surface area (Å²) < 4.78 is 46.3. The molecule has 0 aliphatic heterocycles. The Morgan fingerprint density at radius 3 is 0.727 bits per heavy atom. The van der Waals surface area contributed by atoms with Gasteiger partial charge in [-0.3, -0.25) is 0 Å². The molecule has 77 valence electrons. The van der Waals surface area contributed by atoms with E-state index in [1.165, 1.54) is 0 Å². The van der Waals surface area contributed by atoms with E-state index in [1.54, 1.807) is 0 Å². The molecule has 0 aliphatic carbocycles. The maximum absolute atomic E-state index is 8.45. The van der Waals surface area contributed by atoms with E-state index in [4.69, 9.17) is 24.3 Å². The van der Waals surface area contributed by atoms with Gasteiger partial charge in [-0.15, -0.1) is 0 Å². The van der Waals surface area contributed by atoms with Crippen molar-refractivity contribution in [2.24, 2.45) is 0 Å². The van der Waals surface area contributed by atoms with Crippen molar-refractivity contribution >= 4 is 0 Å². The predicted octanol–water partition coefficient (Wildman–Crippen LogP) is -5.03. The first kappa shape index (κ1) is 29.3. The van der Waals surface area contributed by atoms with Gasteiger partial charge in [0, 0.05) is 0 Å². The van der Waals surface area contributed by atoms with Gasteiger partial charge in [0.2, 0.25) is 0 Å². The van der Waals surface area contributed by atoms with Gasteiger partial charge in [-0.25, -0.2) is 0 Å². The molecule has 0 saturated heterocycles. The summed E-state index contributed by atoms with van der Waals surface area (Å²) in [6.45, 7) is 0. The molecule has 0 aliphatic rings. The van der Waals surface area contributed by atoms with Gasteiger partial charge in [0.25, 0.3) is 0 Å². The second kappa shape index (κ2) is 59.0. The molecule has 0 radical (unpaired) electrons. The van der Waals surface area contributed by atoms with Gasteiger partial charge < -0.3 is 0 Å². The Morgan fingerprint density at radius 1 is 0.727 bits per heavy atom. The molecule has 0 heterocycles. The van der Waals surface area contributed by atoms with Crippen LogP contribution in [0.5, 0.6) is 0 Å². The van der Waals surface area contributed by atoms with Gasteiger partial charge in [-0.2, -0.15) is 0 Å².